The molecule has 10 nitrogen and oxygen atoms in total. The lowest BCUT2D eigenvalue weighted by Crippen LogP contribution is -2.23. The standard InChI is InChI=1S/C24H22Cl2F2N8O2/c25-17-3-5-19(27)15(9-17)11-23(37)30-22-14-36(34-32-22)8-2-1-7-35-13-21(31-33-35)24(38)29-12-16-10-18(26)4-6-20(16)28/h3-6,9-10,13-14H,1-2,7-8,11-12H2,(H,29,38)(H,30,37). The van der Waals surface area contributed by atoms with Gasteiger partial charge in [-0.3, -0.25) is 19.0 Å². The van der Waals surface area contributed by atoms with Gasteiger partial charge in [0, 0.05) is 35.2 Å². The van der Waals surface area contributed by atoms with Crippen LogP contribution in [0.2, 0.25) is 10.0 Å². The lowest BCUT2D eigenvalue weighted by Gasteiger charge is -2.05. The summed E-state index contributed by atoms with van der Waals surface area (Å²) >= 11 is 11.7. The number of amides is 2. The number of nitrogens with zero attached hydrogens (tertiary/aromatic N) is 6. The third kappa shape index (κ3) is 7.56. The molecule has 4 rings (SSSR count). The molecular formula is C24H22Cl2F2N8O2. The molecule has 0 aliphatic heterocycles. The fourth-order valence-electron chi connectivity index (χ4n) is 3.51. The minimum Gasteiger partial charge on any atom is -0.346 e. The topological polar surface area (TPSA) is 120 Å². The number of halogens is 4. The number of hydrogen-bond donors (Lipinski definition) is 2. The predicted molar refractivity (Wildman–Crippen MR) is 136 cm³/mol. The van der Waals surface area contributed by atoms with E-state index in [1.165, 1.54) is 47.3 Å². The Morgan fingerprint density at radius 2 is 1.45 bits per heavy atom. The van der Waals surface area contributed by atoms with Gasteiger partial charge in [0.25, 0.3) is 5.91 Å². The first-order valence-electron chi connectivity index (χ1n) is 11.5. The Hall–Kier alpha value is -3.90. The van der Waals surface area contributed by atoms with Gasteiger partial charge in [0.15, 0.2) is 11.5 Å². The summed E-state index contributed by atoms with van der Waals surface area (Å²) in [5.74, 6) is -1.65. The monoisotopic (exact) mass is 562 g/mol. The summed E-state index contributed by atoms with van der Waals surface area (Å²) in [4.78, 5) is 24.5. The van der Waals surface area contributed by atoms with E-state index in [1.54, 1.807) is 10.9 Å². The van der Waals surface area contributed by atoms with Crippen LogP contribution in [0.5, 0.6) is 0 Å². The van der Waals surface area contributed by atoms with E-state index in [2.05, 4.69) is 31.3 Å². The second kappa shape index (κ2) is 12.6. The van der Waals surface area contributed by atoms with Gasteiger partial charge in [-0.2, -0.15) is 0 Å². The van der Waals surface area contributed by atoms with Gasteiger partial charge in [-0.25, -0.2) is 8.78 Å². The molecule has 0 radical (unpaired) electrons. The van der Waals surface area contributed by atoms with Gasteiger partial charge < -0.3 is 10.6 Å². The van der Waals surface area contributed by atoms with Crippen molar-refractivity contribution in [3.05, 3.63) is 87.3 Å². The van der Waals surface area contributed by atoms with Crippen molar-refractivity contribution in [2.45, 2.75) is 38.9 Å². The van der Waals surface area contributed by atoms with E-state index in [9.17, 15) is 18.4 Å². The molecule has 38 heavy (non-hydrogen) atoms. The van der Waals surface area contributed by atoms with E-state index in [4.69, 9.17) is 23.2 Å². The maximum Gasteiger partial charge on any atom is 0.273 e. The second-order valence-corrected chi connectivity index (χ2v) is 9.19. The quantitative estimate of drug-likeness (QED) is 0.266. The summed E-state index contributed by atoms with van der Waals surface area (Å²) in [6, 6.07) is 8.14. The highest BCUT2D eigenvalue weighted by atomic mass is 35.5. The maximum absolute atomic E-state index is 13.8. The maximum atomic E-state index is 13.8. The zero-order valence-electron chi connectivity index (χ0n) is 19.9. The van der Waals surface area contributed by atoms with E-state index in [-0.39, 0.29) is 35.6 Å². The number of carbonyl (C=O) groups excluding carboxylic acids is 2. The molecule has 0 saturated carbocycles. The van der Waals surface area contributed by atoms with Crippen molar-refractivity contribution in [2.24, 2.45) is 0 Å². The fraction of sp³-hybridized carbons (Fsp3) is 0.250. The van der Waals surface area contributed by atoms with Crippen LogP contribution in [-0.2, 0) is 30.8 Å². The van der Waals surface area contributed by atoms with Gasteiger partial charge in [-0.05, 0) is 54.8 Å². The Bertz CT molecular complexity index is 1440. The van der Waals surface area contributed by atoms with Crippen LogP contribution < -0.4 is 10.6 Å². The smallest absolute Gasteiger partial charge is 0.273 e. The molecule has 14 heteroatoms. The summed E-state index contributed by atoms with van der Waals surface area (Å²) in [5.41, 5.74) is 0.567. The van der Waals surface area contributed by atoms with Crippen LogP contribution >= 0.6 is 23.2 Å². The molecule has 0 saturated heterocycles. The molecule has 2 aromatic carbocycles. The number of benzene rings is 2. The normalized spacial score (nSPS) is 10.9. The van der Waals surface area contributed by atoms with Crippen LogP contribution in [0, 0.1) is 11.6 Å². The third-order valence-electron chi connectivity index (χ3n) is 5.41. The van der Waals surface area contributed by atoms with Crippen LogP contribution in [0.4, 0.5) is 14.6 Å². The average Bonchev–Trinajstić information content (AvgIpc) is 3.54. The molecule has 0 atom stereocenters. The lowest BCUT2D eigenvalue weighted by molar-refractivity contribution is -0.115. The van der Waals surface area contributed by atoms with Crippen molar-refractivity contribution in [2.75, 3.05) is 5.32 Å². The van der Waals surface area contributed by atoms with Crippen LogP contribution in [0.25, 0.3) is 0 Å². The molecule has 0 spiro atoms. The zero-order valence-corrected chi connectivity index (χ0v) is 21.4. The minimum absolute atomic E-state index is 0.0318. The summed E-state index contributed by atoms with van der Waals surface area (Å²) in [5, 5.41) is 21.6. The molecule has 2 heterocycles. The molecule has 198 valence electrons. The lowest BCUT2D eigenvalue weighted by atomic mass is 10.1. The SMILES string of the molecule is O=C(Cc1cc(Cl)ccc1F)Nc1cn(CCCCn2cc(C(=O)NCc3cc(Cl)ccc3F)nn2)nn1. The van der Waals surface area contributed by atoms with Crippen molar-refractivity contribution in [3.8, 4) is 0 Å². The van der Waals surface area contributed by atoms with Crippen LogP contribution in [0.1, 0.15) is 34.5 Å². The van der Waals surface area contributed by atoms with Crippen LogP contribution in [0.3, 0.4) is 0 Å². The molecule has 0 fully saturated rings. The van der Waals surface area contributed by atoms with Crippen LogP contribution in [0.15, 0.2) is 48.8 Å². The zero-order chi connectivity index (χ0) is 27.1. The summed E-state index contributed by atoms with van der Waals surface area (Å²) in [7, 11) is 0. The van der Waals surface area contributed by atoms with Gasteiger partial charge in [0.05, 0.1) is 18.8 Å². The Labute approximate surface area is 225 Å². The van der Waals surface area contributed by atoms with Crippen molar-refractivity contribution >= 4 is 40.8 Å². The molecule has 4 aromatic rings. The minimum atomic E-state index is -0.513. The first kappa shape index (κ1) is 27.1. The Balaban J connectivity index is 1.18. The molecule has 0 unspecified atom stereocenters. The van der Waals surface area contributed by atoms with Crippen molar-refractivity contribution in [1.29, 1.82) is 0 Å². The summed E-state index contributed by atoms with van der Waals surface area (Å²) in [6.45, 7) is 1.00. The molecule has 0 aliphatic rings. The number of hydrogen-bond acceptors (Lipinski definition) is 6. The number of aryl methyl sites for hydroxylation is 2. The van der Waals surface area contributed by atoms with E-state index < -0.39 is 23.4 Å². The molecule has 0 aliphatic carbocycles. The molecular weight excluding hydrogens is 541 g/mol. The van der Waals surface area contributed by atoms with Crippen molar-refractivity contribution < 1.29 is 18.4 Å². The van der Waals surface area contributed by atoms with Gasteiger partial charge in [0.1, 0.15) is 11.6 Å². The molecule has 0 bridgehead atoms. The van der Waals surface area contributed by atoms with Gasteiger partial charge in [-0.15, -0.1) is 10.2 Å². The fourth-order valence-corrected chi connectivity index (χ4v) is 3.90. The highest BCUT2D eigenvalue weighted by Crippen LogP contribution is 2.16. The van der Waals surface area contributed by atoms with E-state index in [1.807, 2.05) is 0 Å². The Kier molecular flexibility index (Phi) is 8.98. The summed E-state index contributed by atoms with van der Waals surface area (Å²) < 4.78 is 30.7. The first-order chi connectivity index (χ1) is 18.3. The highest BCUT2D eigenvalue weighted by molar-refractivity contribution is 6.30. The van der Waals surface area contributed by atoms with Gasteiger partial charge in [0.2, 0.25) is 5.91 Å². The highest BCUT2D eigenvalue weighted by Gasteiger charge is 2.13. The largest absolute Gasteiger partial charge is 0.346 e. The van der Waals surface area contributed by atoms with Gasteiger partial charge in [-0.1, -0.05) is 33.6 Å². The average molecular weight is 563 g/mol. The number of rotatable bonds is 11. The molecule has 2 N–H and O–H groups in total. The van der Waals surface area contributed by atoms with E-state index >= 15 is 0 Å². The first-order valence-corrected chi connectivity index (χ1v) is 12.3. The molecule has 2 aromatic heterocycles. The van der Waals surface area contributed by atoms with E-state index in [0.29, 0.717) is 36.0 Å². The number of anilines is 1. The molecule has 2 amide bonds. The number of carbonyl (C=O) groups is 2. The summed E-state index contributed by atoms with van der Waals surface area (Å²) in [6.07, 6.45) is 4.31. The Morgan fingerprint density at radius 1 is 0.842 bits per heavy atom. The number of aromatic nitrogens is 6. The van der Waals surface area contributed by atoms with Crippen molar-refractivity contribution in [3.63, 3.8) is 0 Å². The number of unbranched alkanes of at least 4 members (excludes halogenated alkanes) is 1. The predicted octanol–water partition coefficient (Wildman–Crippen LogP) is 4.05. The number of nitrogens with one attached hydrogen (secondary N) is 2. The van der Waals surface area contributed by atoms with Crippen molar-refractivity contribution in [1.82, 2.24) is 35.3 Å². The second-order valence-electron chi connectivity index (χ2n) is 8.32. The van der Waals surface area contributed by atoms with Gasteiger partial charge >= 0.3 is 0 Å². The third-order valence-corrected chi connectivity index (χ3v) is 5.88. The van der Waals surface area contributed by atoms with E-state index in [0.717, 1.165) is 0 Å². The van der Waals surface area contributed by atoms with Crippen LogP contribution in [-0.4, -0.2) is 41.8 Å². The Morgan fingerprint density at radius 3 is 2.16 bits per heavy atom.